The molecule has 3 heteroatoms. The monoisotopic (exact) mass is 275 g/mol. The van der Waals surface area contributed by atoms with E-state index in [1.165, 1.54) is 57.5 Å². The highest BCUT2D eigenvalue weighted by Crippen LogP contribution is 2.10. The van der Waals surface area contributed by atoms with E-state index in [0.717, 1.165) is 6.54 Å². The predicted octanol–water partition coefficient (Wildman–Crippen LogP) is 1.97. The minimum Gasteiger partial charge on any atom is -0.329 e. The van der Waals surface area contributed by atoms with Gasteiger partial charge < -0.3 is 10.6 Å². The zero-order chi connectivity index (χ0) is 14.2. The Labute approximate surface area is 123 Å². The lowest BCUT2D eigenvalue weighted by Crippen LogP contribution is -2.52. The van der Waals surface area contributed by atoms with Crippen LogP contribution in [-0.4, -0.2) is 55.1 Å². The standard InChI is InChI=1S/C17H29N3/c1-2-17(15-18)20-13-11-19(12-14-20)10-6-9-16-7-4-3-5-8-16/h3-5,7-8,17H,2,6,9-15,18H2,1H3. The van der Waals surface area contributed by atoms with Crippen LogP contribution in [0.4, 0.5) is 0 Å². The summed E-state index contributed by atoms with van der Waals surface area (Å²) in [6.07, 6.45) is 3.63. The molecule has 1 heterocycles. The highest BCUT2D eigenvalue weighted by Gasteiger charge is 2.21. The van der Waals surface area contributed by atoms with Crippen molar-refractivity contribution in [3.63, 3.8) is 0 Å². The molecule has 0 aromatic heterocycles. The molecule has 0 saturated carbocycles. The van der Waals surface area contributed by atoms with Crippen LogP contribution in [0, 0.1) is 0 Å². The van der Waals surface area contributed by atoms with E-state index in [4.69, 9.17) is 5.73 Å². The molecule has 1 unspecified atom stereocenters. The Hall–Kier alpha value is -0.900. The van der Waals surface area contributed by atoms with Gasteiger partial charge in [0.2, 0.25) is 0 Å². The van der Waals surface area contributed by atoms with E-state index in [9.17, 15) is 0 Å². The molecule has 2 rings (SSSR count). The van der Waals surface area contributed by atoms with E-state index in [-0.39, 0.29) is 0 Å². The zero-order valence-corrected chi connectivity index (χ0v) is 12.8. The van der Waals surface area contributed by atoms with E-state index < -0.39 is 0 Å². The maximum atomic E-state index is 5.84. The van der Waals surface area contributed by atoms with E-state index in [2.05, 4.69) is 47.1 Å². The van der Waals surface area contributed by atoms with Crippen molar-refractivity contribution in [1.82, 2.24) is 9.80 Å². The van der Waals surface area contributed by atoms with Crippen molar-refractivity contribution in [2.45, 2.75) is 32.2 Å². The molecule has 0 radical (unpaired) electrons. The van der Waals surface area contributed by atoms with Crippen LogP contribution in [0.5, 0.6) is 0 Å². The van der Waals surface area contributed by atoms with Crippen molar-refractivity contribution in [3.8, 4) is 0 Å². The van der Waals surface area contributed by atoms with Gasteiger partial charge in [0.25, 0.3) is 0 Å². The molecule has 0 bridgehead atoms. The highest BCUT2D eigenvalue weighted by molar-refractivity contribution is 5.14. The average molecular weight is 275 g/mol. The predicted molar refractivity (Wildman–Crippen MR) is 85.9 cm³/mol. The molecular formula is C17H29N3. The fraction of sp³-hybridized carbons (Fsp3) is 0.647. The van der Waals surface area contributed by atoms with Gasteiger partial charge >= 0.3 is 0 Å². The molecule has 112 valence electrons. The summed E-state index contributed by atoms with van der Waals surface area (Å²) in [4.78, 5) is 5.16. The average Bonchev–Trinajstić information content (AvgIpc) is 2.51. The number of aryl methyl sites for hydroxylation is 1. The minimum atomic E-state index is 0.585. The van der Waals surface area contributed by atoms with Crippen molar-refractivity contribution < 1.29 is 0 Å². The highest BCUT2D eigenvalue weighted by atomic mass is 15.3. The van der Waals surface area contributed by atoms with Crippen LogP contribution in [0.25, 0.3) is 0 Å². The van der Waals surface area contributed by atoms with E-state index >= 15 is 0 Å². The number of rotatable bonds is 7. The molecule has 1 aliphatic rings. The van der Waals surface area contributed by atoms with Gasteiger partial charge in [-0.2, -0.15) is 0 Å². The van der Waals surface area contributed by atoms with Gasteiger partial charge in [-0.25, -0.2) is 0 Å². The number of nitrogens with zero attached hydrogens (tertiary/aromatic N) is 2. The molecule has 1 aromatic carbocycles. The molecule has 3 nitrogen and oxygen atoms in total. The lowest BCUT2D eigenvalue weighted by molar-refractivity contribution is 0.0962. The van der Waals surface area contributed by atoms with Crippen LogP contribution in [0.3, 0.4) is 0 Å². The first-order chi connectivity index (χ1) is 9.83. The largest absolute Gasteiger partial charge is 0.329 e. The Balaban J connectivity index is 1.65. The van der Waals surface area contributed by atoms with Crippen molar-refractivity contribution >= 4 is 0 Å². The summed E-state index contributed by atoms with van der Waals surface area (Å²) in [6.45, 7) is 9.02. The second kappa shape index (κ2) is 8.40. The van der Waals surface area contributed by atoms with Gasteiger partial charge in [0, 0.05) is 38.8 Å². The van der Waals surface area contributed by atoms with Crippen LogP contribution in [0.1, 0.15) is 25.3 Å². The van der Waals surface area contributed by atoms with E-state index in [0.29, 0.717) is 6.04 Å². The Kier molecular flexibility index (Phi) is 6.51. The summed E-state index contributed by atoms with van der Waals surface area (Å²) in [5.41, 5.74) is 7.30. The minimum absolute atomic E-state index is 0.585. The van der Waals surface area contributed by atoms with Gasteiger partial charge in [0.05, 0.1) is 0 Å². The molecule has 0 aliphatic carbocycles. The Morgan fingerprint density at radius 3 is 2.40 bits per heavy atom. The number of hydrogen-bond acceptors (Lipinski definition) is 3. The lowest BCUT2D eigenvalue weighted by Gasteiger charge is -2.38. The zero-order valence-electron chi connectivity index (χ0n) is 12.8. The molecule has 1 aliphatic heterocycles. The number of hydrogen-bond donors (Lipinski definition) is 1. The third-order valence-corrected chi connectivity index (χ3v) is 4.45. The second-order valence-corrected chi connectivity index (χ2v) is 5.76. The SMILES string of the molecule is CCC(CN)N1CCN(CCCc2ccccc2)CC1. The van der Waals surface area contributed by atoms with Crippen LogP contribution in [0.2, 0.25) is 0 Å². The third-order valence-electron chi connectivity index (χ3n) is 4.45. The smallest absolute Gasteiger partial charge is 0.0216 e. The molecule has 0 spiro atoms. The van der Waals surface area contributed by atoms with E-state index in [1.54, 1.807) is 0 Å². The maximum Gasteiger partial charge on any atom is 0.0216 e. The Morgan fingerprint density at radius 2 is 1.80 bits per heavy atom. The van der Waals surface area contributed by atoms with Gasteiger partial charge in [-0.15, -0.1) is 0 Å². The molecule has 1 atom stereocenters. The number of benzene rings is 1. The number of piperazine rings is 1. The molecule has 20 heavy (non-hydrogen) atoms. The molecular weight excluding hydrogens is 246 g/mol. The summed E-state index contributed by atoms with van der Waals surface area (Å²) < 4.78 is 0. The quantitative estimate of drug-likeness (QED) is 0.826. The number of nitrogens with two attached hydrogens (primary N) is 1. The normalized spacial score (nSPS) is 19.1. The Bertz CT molecular complexity index is 354. The van der Waals surface area contributed by atoms with Crippen molar-refractivity contribution in [3.05, 3.63) is 35.9 Å². The summed E-state index contributed by atoms with van der Waals surface area (Å²) in [7, 11) is 0. The van der Waals surface area contributed by atoms with Gasteiger partial charge in [0.1, 0.15) is 0 Å². The first-order valence-corrected chi connectivity index (χ1v) is 8.04. The van der Waals surface area contributed by atoms with Crippen molar-refractivity contribution in [2.75, 3.05) is 39.3 Å². The fourth-order valence-corrected chi connectivity index (χ4v) is 3.08. The van der Waals surface area contributed by atoms with Gasteiger partial charge in [0.15, 0.2) is 0 Å². The Morgan fingerprint density at radius 1 is 1.10 bits per heavy atom. The van der Waals surface area contributed by atoms with Crippen molar-refractivity contribution in [2.24, 2.45) is 5.73 Å². The molecule has 1 saturated heterocycles. The fourth-order valence-electron chi connectivity index (χ4n) is 3.08. The van der Waals surface area contributed by atoms with Crippen LogP contribution >= 0.6 is 0 Å². The van der Waals surface area contributed by atoms with Crippen molar-refractivity contribution in [1.29, 1.82) is 0 Å². The van der Waals surface area contributed by atoms with Crippen LogP contribution in [0.15, 0.2) is 30.3 Å². The van der Waals surface area contributed by atoms with Gasteiger partial charge in [-0.3, -0.25) is 4.90 Å². The first-order valence-electron chi connectivity index (χ1n) is 8.04. The first kappa shape index (κ1) is 15.5. The molecule has 0 amide bonds. The lowest BCUT2D eigenvalue weighted by atomic mass is 10.1. The molecule has 2 N–H and O–H groups in total. The summed E-state index contributed by atoms with van der Waals surface area (Å²) in [6, 6.07) is 11.4. The molecule has 1 aromatic rings. The van der Waals surface area contributed by atoms with Crippen LogP contribution < -0.4 is 5.73 Å². The summed E-state index contributed by atoms with van der Waals surface area (Å²) in [5.74, 6) is 0. The summed E-state index contributed by atoms with van der Waals surface area (Å²) in [5, 5.41) is 0. The second-order valence-electron chi connectivity index (χ2n) is 5.76. The van der Waals surface area contributed by atoms with E-state index in [1.807, 2.05) is 0 Å². The summed E-state index contributed by atoms with van der Waals surface area (Å²) >= 11 is 0. The maximum absolute atomic E-state index is 5.84. The van der Waals surface area contributed by atoms with Gasteiger partial charge in [-0.05, 0) is 31.4 Å². The molecule has 1 fully saturated rings. The van der Waals surface area contributed by atoms with Gasteiger partial charge in [-0.1, -0.05) is 37.3 Å². The van der Waals surface area contributed by atoms with Crippen LogP contribution in [-0.2, 0) is 6.42 Å². The third kappa shape index (κ3) is 4.58. The topological polar surface area (TPSA) is 32.5 Å².